The monoisotopic (exact) mass is 389 g/mol. The number of halogens is 4. The Labute approximate surface area is 126 Å². The number of guanidine groups is 1. The minimum atomic E-state index is -4.31. The van der Waals surface area contributed by atoms with Crippen LogP contribution in [0.15, 0.2) is 29.3 Å². The van der Waals surface area contributed by atoms with Gasteiger partial charge in [0.15, 0.2) is 5.96 Å². The molecule has 0 fully saturated rings. The number of alkyl halides is 3. The molecule has 1 rings (SSSR count). The molecule has 0 aromatic heterocycles. The van der Waals surface area contributed by atoms with E-state index in [-0.39, 0.29) is 43.1 Å². The molecule has 0 saturated carbocycles. The maximum absolute atomic E-state index is 11.9. The van der Waals surface area contributed by atoms with Gasteiger partial charge in [-0.15, -0.1) is 24.0 Å². The molecule has 1 aromatic rings. The first-order valence-corrected chi connectivity index (χ1v) is 5.14. The lowest BCUT2D eigenvalue weighted by Gasteiger charge is -2.08. The van der Waals surface area contributed by atoms with Crippen molar-refractivity contribution in [2.24, 2.45) is 16.5 Å². The van der Waals surface area contributed by atoms with Crippen molar-refractivity contribution < 1.29 is 17.9 Å². The maximum atomic E-state index is 11.9. The summed E-state index contributed by atoms with van der Waals surface area (Å²) in [7, 11) is 0. The minimum absolute atomic E-state index is 0. The quantitative estimate of drug-likeness (QED) is 0.461. The summed E-state index contributed by atoms with van der Waals surface area (Å²) in [6.45, 7) is -1.07. The second kappa shape index (κ2) is 8.20. The van der Waals surface area contributed by atoms with Crippen LogP contribution in [0.5, 0.6) is 0 Å². The van der Waals surface area contributed by atoms with Crippen molar-refractivity contribution in [2.75, 3.05) is 6.61 Å². The molecule has 19 heavy (non-hydrogen) atoms. The van der Waals surface area contributed by atoms with Crippen LogP contribution in [-0.2, 0) is 17.9 Å². The first-order valence-electron chi connectivity index (χ1n) is 5.14. The number of nitrogens with two attached hydrogens (primary N) is 2. The fourth-order valence-electron chi connectivity index (χ4n) is 1.28. The fraction of sp³-hybridized carbons (Fsp3) is 0.364. The van der Waals surface area contributed by atoms with Crippen molar-refractivity contribution in [3.8, 4) is 0 Å². The van der Waals surface area contributed by atoms with Crippen molar-refractivity contribution >= 4 is 29.9 Å². The van der Waals surface area contributed by atoms with Gasteiger partial charge in [-0.05, 0) is 11.1 Å². The van der Waals surface area contributed by atoms with Crippen molar-refractivity contribution in [1.29, 1.82) is 0 Å². The Balaban J connectivity index is 0.00000324. The number of nitrogens with zero attached hydrogens (tertiary/aromatic N) is 1. The summed E-state index contributed by atoms with van der Waals surface area (Å²) in [4.78, 5) is 3.81. The Hall–Kier alpha value is -1.03. The van der Waals surface area contributed by atoms with E-state index in [1.807, 2.05) is 0 Å². The largest absolute Gasteiger partial charge is 0.411 e. The number of hydrogen-bond acceptors (Lipinski definition) is 2. The van der Waals surface area contributed by atoms with E-state index >= 15 is 0 Å². The molecule has 0 spiro atoms. The van der Waals surface area contributed by atoms with Crippen LogP contribution in [-0.4, -0.2) is 18.7 Å². The Bertz CT molecular complexity index is 420. The number of ether oxygens (including phenoxy) is 1. The Morgan fingerprint density at radius 3 is 2.42 bits per heavy atom. The van der Waals surface area contributed by atoms with Crippen LogP contribution in [0.1, 0.15) is 11.1 Å². The van der Waals surface area contributed by atoms with Gasteiger partial charge >= 0.3 is 6.18 Å². The molecule has 0 aliphatic carbocycles. The van der Waals surface area contributed by atoms with E-state index in [9.17, 15) is 13.2 Å². The topological polar surface area (TPSA) is 73.6 Å². The summed E-state index contributed by atoms with van der Waals surface area (Å²) in [5, 5.41) is 0. The number of aliphatic imine (C=N–C) groups is 1. The first-order chi connectivity index (χ1) is 8.37. The summed E-state index contributed by atoms with van der Waals surface area (Å²) in [5.74, 6) is -0.0336. The second-order valence-corrected chi connectivity index (χ2v) is 3.67. The molecule has 0 aliphatic rings. The number of hydrogen-bond donors (Lipinski definition) is 2. The van der Waals surface area contributed by atoms with Crippen LogP contribution in [0, 0.1) is 0 Å². The zero-order valence-corrected chi connectivity index (χ0v) is 12.3. The zero-order chi connectivity index (χ0) is 13.6. The maximum Gasteiger partial charge on any atom is 0.411 e. The highest BCUT2D eigenvalue weighted by Crippen LogP contribution is 2.16. The predicted molar refractivity (Wildman–Crippen MR) is 77.1 cm³/mol. The van der Waals surface area contributed by atoms with E-state index < -0.39 is 12.8 Å². The molecule has 0 atom stereocenters. The molecule has 4 nitrogen and oxygen atoms in total. The summed E-state index contributed by atoms with van der Waals surface area (Å²) in [5.41, 5.74) is 11.8. The Morgan fingerprint density at radius 2 is 1.84 bits per heavy atom. The van der Waals surface area contributed by atoms with Crippen molar-refractivity contribution in [1.82, 2.24) is 0 Å². The zero-order valence-electron chi connectivity index (χ0n) is 9.98. The second-order valence-electron chi connectivity index (χ2n) is 3.67. The third-order valence-corrected chi connectivity index (χ3v) is 1.97. The lowest BCUT2D eigenvalue weighted by molar-refractivity contribution is -0.176. The van der Waals surface area contributed by atoms with Crippen LogP contribution >= 0.6 is 24.0 Å². The fourth-order valence-corrected chi connectivity index (χ4v) is 1.28. The summed E-state index contributed by atoms with van der Waals surface area (Å²) in [6.07, 6.45) is -4.31. The van der Waals surface area contributed by atoms with Crippen LogP contribution in [0.3, 0.4) is 0 Å². The van der Waals surface area contributed by atoms with Crippen LogP contribution in [0.2, 0.25) is 0 Å². The lowest BCUT2D eigenvalue weighted by atomic mass is 10.1. The molecule has 4 N–H and O–H groups in total. The van der Waals surface area contributed by atoms with Gasteiger partial charge in [-0.1, -0.05) is 24.3 Å². The Morgan fingerprint density at radius 1 is 1.21 bits per heavy atom. The van der Waals surface area contributed by atoms with Gasteiger partial charge in [0.25, 0.3) is 0 Å². The van der Waals surface area contributed by atoms with Crippen LogP contribution in [0.25, 0.3) is 0 Å². The normalized spacial score (nSPS) is 10.7. The highest BCUT2D eigenvalue weighted by Gasteiger charge is 2.27. The standard InChI is InChI=1S/C11H14F3N3O.HI/c12-11(13,14)7-18-6-9-3-1-2-8(4-9)5-17-10(15)16;/h1-4H,5-7H2,(H4,15,16,17);1H. The van der Waals surface area contributed by atoms with Crippen molar-refractivity contribution in [3.05, 3.63) is 35.4 Å². The van der Waals surface area contributed by atoms with E-state index in [4.69, 9.17) is 11.5 Å². The molecule has 0 amide bonds. The van der Waals surface area contributed by atoms with Gasteiger partial charge in [-0.25, -0.2) is 4.99 Å². The number of rotatable bonds is 5. The molecule has 108 valence electrons. The predicted octanol–water partition coefficient (Wildman–Crippen LogP) is 2.16. The van der Waals surface area contributed by atoms with Gasteiger partial charge in [0.1, 0.15) is 6.61 Å². The summed E-state index contributed by atoms with van der Waals surface area (Å²) in [6, 6.07) is 6.86. The molecule has 1 aromatic carbocycles. The van der Waals surface area contributed by atoms with Gasteiger partial charge in [0.2, 0.25) is 0 Å². The molecule has 0 unspecified atom stereocenters. The van der Waals surface area contributed by atoms with Gasteiger partial charge in [-0.3, -0.25) is 0 Å². The average Bonchev–Trinajstić information content (AvgIpc) is 2.25. The van der Waals surface area contributed by atoms with E-state index in [1.54, 1.807) is 24.3 Å². The molecular formula is C11H15F3IN3O. The minimum Gasteiger partial charge on any atom is -0.370 e. The van der Waals surface area contributed by atoms with Crippen LogP contribution in [0.4, 0.5) is 13.2 Å². The molecule has 0 bridgehead atoms. The lowest BCUT2D eigenvalue weighted by Crippen LogP contribution is -2.22. The molecule has 0 radical (unpaired) electrons. The van der Waals surface area contributed by atoms with Crippen LogP contribution < -0.4 is 11.5 Å². The Kier molecular flexibility index (Phi) is 7.76. The van der Waals surface area contributed by atoms with Gasteiger partial charge in [0.05, 0.1) is 13.2 Å². The summed E-state index contributed by atoms with van der Waals surface area (Å²) >= 11 is 0. The summed E-state index contributed by atoms with van der Waals surface area (Å²) < 4.78 is 40.2. The third-order valence-electron chi connectivity index (χ3n) is 1.97. The van der Waals surface area contributed by atoms with E-state index in [0.29, 0.717) is 5.56 Å². The van der Waals surface area contributed by atoms with Crippen molar-refractivity contribution in [2.45, 2.75) is 19.3 Å². The van der Waals surface area contributed by atoms with E-state index in [2.05, 4.69) is 9.73 Å². The van der Waals surface area contributed by atoms with Gasteiger partial charge in [0, 0.05) is 0 Å². The third kappa shape index (κ3) is 8.65. The average molecular weight is 389 g/mol. The van der Waals surface area contributed by atoms with Crippen molar-refractivity contribution in [3.63, 3.8) is 0 Å². The van der Waals surface area contributed by atoms with E-state index in [1.165, 1.54) is 0 Å². The SMILES string of the molecule is I.NC(N)=NCc1cccc(COCC(F)(F)F)c1. The highest BCUT2D eigenvalue weighted by atomic mass is 127. The molecule has 0 saturated heterocycles. The van der Waals surface area contributed by atoms with Gasteiger partial charge < -0.3 is 16.2 Å². The first kappa shape index (κ1) is 18.0. The number of benzene rings is 1. The molecule has 0 aliphatic heterocycles. The van der Waals surface area contributed by atoms with E-state index in [0.717, 1.165) is 5.56 Å². The smallest absolute Gasteiger partial charge is 0.370 e. The van der Waals surface area contributed by atoms with Gasteiger partial charge in [-0.2, -0.15) is 13.2 Å². The molecule has 0 heterocycles. The molecule has 8 heteroatoms. The highest BCUT2D eigenvalue weighted by molar-refractivity contribution is 14.0. The molecular weight excluding hydrogens is 374 g/mol.